The molecular formula is C19H20O3. The van der Waals surface area contributed by atoms with Crippen LogP contribution in [0.2, 0.25) is 0 Å². The highest BCUT2D eigenvalue weighted by atomic mass is 16.5. The van der Waals surface area contributed by atoms with Gasteiger partial charge in [0.2, 0.25) is 0 Å². The van der Waals surface area contributed by atoms with Gasteiger partial charge in [0.25, 0.3) is 0 Å². The number of hydrogen-bond acceptors (Lipinski definition) is 2. The Morgan fingerprint density at radius 2 is 1.73 bits per heavy atom. The van der Waals surface area contributed by atoms with E-state index < -0.39 is 5.97 Å². The highest BCUT2D eigenvalue weighted by molar-refractivity contribution is 5.85. The van der Waals surface area contributed by atoms with E-state index in [0.717, 1.165) is 23.1 Å². The molecule has 0 bridgehead atoms. The first kappa shape index (κ1) is 15.8. The van der Waals surface area contributed by atoms with Crippen LogP contribution in [0.4, 0.5) is 0 Å². The average Bonchev–Trinajstić information content (AvgIpc) is 2.46. The first-order valence-corrected chi connectivity index (χ1v) is 7.25. The molecule has 2 rings (SSSR count). The van der Waals surface area contributed by atoms with Gasteiger partial charge in [-0.3, -0.25) is 0 Å². The Morgan fingerprint density at radius 1 is 1.09 bits per heavy atom. The predicted molar refractivity (Wildman–Crippen MR) is 88.5 cm³/mol. The fourth-order valence-corrected chi connectivity index (χ4v) is 2.31. The van der Waals surface area contributed by atoms with Crippen molar-refractivity contribution in [3.63, 3.8) is 0 Å². The third-order valence-corrected chi connectivity index (χ3v) is 3.40. The molecule has 114 valence electrons. The standard InChI is InChI=1S/C19H20O3/c1-13(2)18-10-9-17(12-14(18)3)22-16-7-4-15(5-8-16)6-11-19(20)21/h4-13H,1-3H3,(H,20,21). The molecule has 0 radical (unpaired) electrons. The molecule has 3 heteroatoms. The summed E-state index contributed by atoms with van der Waals surface area (Å²) in [5, 5.41) is 8.60. The maximum Gasteiger partial charge on any atom is 0.328 e. The topological polar surface area (TPSA) is 46.5 Å². The minimum atomic E-state index is -0.957. The summed E-state index contributed by atoms with van der Waals surface area (Å²) in [7, 11) is 0. The Kier molecular flexibility index (Phi) is 4.99. The zero-order valence-electron chi connectivity index (χ0n) is 13.0. The van der Waals surface area contributed by atoms with Crippen LogP contribution in [-0.4, -0.2) is 11.1 Å². The third kappa shape index (κ3) is 4.22. The van der Waals surface area contributed by atoms with E-state index in [-0.39, 0.29) is 0 Å². The lowest BCUT2D eigenvalue weighted by Gasteiger charge is -2.12. The summed E-state index contributed by atoms with van der Waals surface area (Å²) in [6, 6.07) is 13.4. The lowest BCUT2D eigenvalue weighted by Crippen LogP contribution is -1.93. The Bertz CT molecular complexity index is 682. The van der Waals surface area contributed by atoms with Crippen molar-refractivity contribution in [1.29, 1.82) is 0 Å². The maximum absolute atomic E-state index is 10.5. The van der Waals surface area contributed by atoms with Crippen LogP contribution >= 0.6 is 0 Å². The molecule has 0 amide bonds. The second-order valence-corrected chi connectivity index (χ2v) is 5.52. The highest BCUT2D eigenvalue weighted by Crippen LogP contribution is 2.27. The summed E-state index contributed by atoms with van der Waals surface area (Å²) in [5.41, 5.74) is 3.36. The van der Waals surface area contributed by atoms with Crippen LogP contribution in [0, 0.1) is 6.92 Å². The van der Waals surface area contributed by atoms with Gasteiger partial charge in [0.1, 0.15) is 11.5 Å². The molecule has 0 aliphatic rings. The van der Waals surface area contributed by atoms with E-state index in [4.69, 9.17) is 9.84 Å². The van der Waals surface area contributed by atoms with Crippen molar-refractivity contribution in [2.24, 2.45) is 0 Å². The van der Waals surface area contributed by atoms with Crippen molar-refractivity contribution >= 4 is 12.0 Å². The van der Waals surface area contributed by atoms with E-state index in [1.165, 1.54) is 11.1 Å². The second-order valence-electron chi connectivity index (χ2n) is 5.52. The van der Waals surface area contributed by atoms with Crippen molar-refractivity contribution < 1.29 is 14.6 Å². The highest BCUT2D eigenvalue weighted by Gasteiger charge is 2.05. The molecule has 0 atom stereocenters. The van der Waals surface area contributed by atoms with Crippen LogP contribution in [0.1, 0.15) is 36.5 Å². The van der Waals surface area contributed by atoms with Gasteiger partial charge in [-0.15, -0.1) is 0 Å². The van der Waals surface area contributed by atoms with Crippen LogP contribution in [0.5, 0.6) is 11.5 Å². The summed E-state index contributed by atoms with van der Waals surface area (Å²) in [6.45, 7) is 6.43. The van der Waals surface area contributed by atoms with Gasteiger partial charge < -0.3 is 9.84 Å². The third-order valence-electron chi connectivity index (χ3n) is 3.40. The predicted octanol–water partition coefficient (Wildman–Crippen LogP) is 5.01. The summed E-state index contributed by atoms with van der Waals surface area (Å²) in [4.78, 5) is 10.5. The van der Waals surface area contributed by atoms with Gasteiger partial charge in [0.15, 0.2) is 0 Å². The van der Waals surface area contributed by atoms with Gasteiger partial charge in [-0.1, -0.05) is 32.0 Å². The molecule has 0 aliphatic carbocycles. The van der Waals surface area contributed by atoms with Crippen LogP contribution < -0.4 is 4.74 Å². The van der Waals surface area contributed by atoms with Gasteiger partial charge in [0, 0.05) is 6.08 Å². The molecule has 0 aromatic heterocycles. The number of ether oxygens (including phenoxy) is 1. The summed E-state index contributed by atoms with van der Waals surface area (Å²) in [5.74, 6) is 1.07. The molecule has 0 heterocycles. The van der Waals surface area contributed by atoms with E-state index in [1.807, 2.05) is 36.4 Å². The minimum absolute atomic E-state index is 0.495. The molecule has 0 spiro atoms. The monoisotopic (exact) mass is 296 g/mol. The molecule has 3 nitrogen and oxygen atoms in total. The zero-order chi connectivity index (χ0) is 16.1. The van der Waals surface area contributed by atoms with Crippen LogP contribution in [0.25, 0.3) is 6.08 Å². The lowest BCUT2D eigenvalue weighted by molar-refractivity contribution is -0.131. The Morgan fingerprint density at radius 3 is 2.27 bits per heavy atom. The van der Waals surface area contributed by atoms with E-state index in [0.29, 0.717) is 5.92 Å². The van der Waals surface area contributed by atoms with Crippen LogP contribution in [-0.2, 0) is 4.79 Å². The van der Waals surface area contributed by atoms with Gasteiger partial charge in [-0.25, -0.2) is 4.79 Å². The van der Waals surface area contributed by atoms with Gasteiger partial charge in [0.05, 0.1) is 0 Å². The SMILES string of the molecule is Cc1cc(Oc2ccc(C=CC(=O)O)cc2)ccc1C(C)C. The molecule has 1 N–H and O–H groups in total. The van der Waals surface area contributed by atoms with E-state index >= 15 is 0 Å². The van der Waals surface area contributed by atoms with Crippen molar-refractivity contribution in [2.45, 2.75) is 26.7 Å². The fourth-order valence-electron chi connectivity index (χ4n) is 2.31. The maximum atomic E-state index is 10.5. The van der Waals surface area contributed by atoms with Crippen molar-refractivity contribution in [3.05, 3.63) is 65.2 Å². The Labute approximate surface area is 130 Å². The van der Waals surface area contributed by atoms with Gasteiger partial charge in [-0.2, -0.15) is 0 Å². The normalized spacial score (nSPS) is 11.1. The molecule has 2 aromatic rings. The summed E-state index contributed by atoms with van der Waals surface area (Å²) < 4.78 is 5.83. The molecule has 22 heavy (non-hydrogen) atoms. The lowest BCUT2D eigenvalue weighted by atomic mass is 9.98. The summed E-state index contributed by atoms with van der Waals surface area (Å²) >= 11 is 0. The molecule has 0 saturated heterocycles. The number of aliphatic carboxylic acids is 1. The van der Waals surface area contributed by atoms with E-state index in [2.05, 4.69) is 26.8 Å². The van der Waals surface area contributed by atoms with Gasteiger partial charge in [-0.05, 0) is 59.9 Å². The van der Waals surface area contributed by atoms with Crippen LogP contribution in [0.15, 0.2) is 48.5 Å². The average molecular weight is 296 g/mol. The number of hydrogen-bond donors (Lipinski definition) is 1. The first-order valence-electron chi connectivity index (χ1n) is 7.25. The number of rotatable bonds is 5. The van der Waals surface area contributed by atoms with Crippen LogP contribution in [0.3, 0.4) is 0 Å². The van der Waals surface area contributed by atoms with Crippen molar-refractivity contribution in [2.75, 3.05) is 0 Å². The number of carbonyl (C=O) groups is 1. The number of aryl methyl sites for hydroxylation is 1. The fraction of sp³-hybridized carbons (Fsp3) is 0.211. The number of carboxylic acid groups (broad SMARTS) is 1. The molecule has 0 fully saturated rings. The largest absolute Gasteiger partial charge is 0.478 e. The van der Waals surface area contributed by atoms with Crippen molar-refractivity contribution in [1.82, 2.24) is 0 Å². The molecule has 2 aromatic carbocycles. The Balaban J connectivity index is 2.11. The van der Waals surface area contributed by atoms with E-state index in [9.17, 15) is 4.79 Å². The minimum Gasteiger partial charge on any atom is -0.478 e. The molecular weight excluding hydrogens is 276 g/mol. The zero-order valence-corrected chi connectivity index (χ0v) is 13.0. The second kappa shape index (κ2) is 6.94. The summed E-state index contributed by atoms with van der Waals surface area (Å²) in [6.07, 6.45) is 2.66. The molecule has 0 unspecified atom stereocenters. The number of benzene rings is 2. The Hall–Kier alpha value is -2.55. The first-order chi connectivity index (χ1) is 10.5. The van der Waals surface area contributed by atoms with Gasteiger partial charge >= 0.3 is 5.97 Å². The molecule has 0 saturated carbocycles. The molecule has 0 aliphatic heterocycles. The van der Waals surface area contributed by atoms with E-state index in [1.54, 1.807) is 6.08 Å². The quantitative estimate of drug-likeness (QED) is 0.789. The smallest absolute Gasteiger partial charge is 0.328 e. The van der Waals surface area contributed by atoms with Crippen molar-refractivity contribution in [3.8, 4) is 11.5 Å². The number of carboxylic acids is 1.